The fraction of sp³-hybridized carbons (Fsp3) is 0.111. The number of fused-ring (bicyclic) bond motifs is 1. The summed E-state index contributed by atoms with van der Waals surface area (Å²) in [5.41, 5.74) is 2.19. The maximum absolute atomic E-state index is 12.4. The summed E-state index contributed by atoms with van der Waals surface area (Å²) in [6, 6.07) is 13.1. The van der Waals surface area contributed by atoms with Crippen molar-refractivity contribution in [3.8, 4) is 0 Å². The molecule has 2 aromatic rings. The number of anilines is 1. The fourth-order valence-electron chi connectivity index (χ4n) is 2.57. The van der Waals surface area contributed by atoms with Crippen molar-refractivity contribution in [1.82, 2.24) is 4.90 Å². The van der Waals surface area contributed by atoms with Crippen molar-refractivity contribution in [3.63, 3.8) is 0 Å². The average molecular weight is 360 g/mol. The highest BCUT2D eigenvalue weighted by atomic mass is 32.2. The van der Waals surface area contributed by atoms with Crippen LogP contribution in [0.4, 0.5) is 14.5 Å². The highest BCUT2D eigenvalue weighted by Gasteiger charge is 2.31. The maximum Gasteiger partial charge on any atom is 0.288 e. The van der Waals surface area contributed by atoms with E-state index >= 15 is 0 Å². The lowest BCUT2D eigenvalue weighted by atomic mass is 10.1. The van der Waals surface area contributed by atoms with Gasteiger partial charge in [-0.15, -0.1) is 0 Å². The van der Waals surface area contributed by atoms with Gasteiger partial charge in [-0.2, -0.15) is 8.78 Å². The minimum absolute atomic E-state index is 0.167. The summed E-state index contributed by atoms with van der Waals surface area (Å²) in [6.45, 7) is 3.71. The van der Waals surface area contributed by atoms with Gasteiger partial charge in [0.2, 0.25) is 5.91 Å². The minimum atomic E-state index is -2.49. The minimum Gasteiger partial charge on any atom is -0.325 e. The van der Waals surface area contributed by atoms with Crippen LogP contribution in [0.2, 0.25) is 0 Å². The van der Waals surface area contributed by atoms with Gasteiger partial charge in [-0.05, 0) is 30.3 Å². The van der Waals surface area contributed by atoms with E-state index in [0.717, 1.165) is 0 Å². The monoisotopic (exact) mass is 360 g/mol. The lowest BCUT2D eigenvalue weighted by Gasteiger charge is -2.17. The van der Waals surface area contributed by atoms with Crippen LogP contribution in [0.1, 0.15) is 15.9 Å². The summed E-state index contributed by atoms with van der Waals surface area (Å²) >= 11 is 0.435. The van der Waals surface area contributed by atoms with Crippen molar-refractivity contribution in [2.75, 3.05) is 11.9 Å². The number of carbonyl (C=O) groups is 2. The Labute approximate surface area is 147 Å². The van der Waals surface area contributed by atoms with Crippen molar-refractivity contribution in [1.29, 1.82) is 0 Å². The molecule has 0 aromatic heterocycles. The molecule has 128 valence electrons. The number of carbonyl (C=O) groups excluding carboxylic acids is 2. The second-order valence-electron chi connectivity index (χ2n) is 5.33. The maximum atomic E-state index is 12.4. The van der Waals surface area contributed by atoms with Gasteiger partial charge in [-0.1, -0.05) is 36.5 Å². The Hall–Kier alpha value is -2.67. The van der Waals surface area contributed by atoms with Crippen molar-refractivity contribution in [2.45, 2.75) is 10.7 Å². The molecule has 4 nitrogen and oxygen atoms in total. The summed E-state index contributed by atoms with van der Waals surface area (Å²) in [7, 11) is 0. The molecule has 1 N–H and O–H groups in total. The van der Waals surface area contributed by atoms with Crippen LogP contribution in [-0.2, 0) is 4.79 Å². The molecule has 0 saturated carbocycles. The Morgan fingerprint density at radius 3 is 2.36 bits per heavy atom. The molecule has 1 aliphatic rings. The first kappa shape index (κ1) is 17.2. The molecule has 0 bridgehead atoms. The van der Waals surface area contributed by atoms with E-state index in [-0.39, 0.29) is 12.5 Å². The third-order valence-corrected chi connectivity index (χ3v) is 4.43. The molecule has 2 amide bonds. The summed E-state index contributed by atoms with van der Waals surface area (Å²) in [5, 5.41) is 2.65. The number of benzene rings is 2. The average Bonchev–Trinajstić information content (AvgIpc) is 2.82. The number of halogens is 2. The summed E-state index contributed by atoms with van der Waals surface area (Å²) in [6.07, 6.45) is 0. The Balaban J connectivity index is 1.64. The number of nitrogens with zero attached hydrogens (tertiary/aromatic N) is 1. The van der Waals surface area contributed by atoms with Crippen LogP contribution in [-0.4, -0.2) is 29.0 Å². The zero-order chi connectivity index (χ0) is 18.0. The topological polar surface area (TPSA) is 49.4 Å². The lowest BCUT2D eigenvalue weighted by Crippen LogP contribution is -2.32. The van der Waals surface area contributed by atoms with E-state index in [0.29, 0.717) is 39.2 Å². The normalized spacial score (nSPS) is 13.3. The van der Waals surface area contributed by atoms with Crippen LogP contribution in [0.5, 0.6) is 0 Å². The van der Waals surface area contributed by atoms with Gasteiger partial charge >= 0.3 is 0 Å². The van der Waals surface area contributed by atoms with Crippen molar-refractivity contribution >= 4 is 35.0 Å². The smallest absolute Gasteiger partial charge is 0.288 e. The molecule has 1 heterocycles. The molecule has 0 spiro atoms. The standard InChI is InChI=1S/C18H14F2N2O2S/c1-11-14-4-2-3-5-15(14)17(24)22(11)10-16(23)21-12-6-8-13(9-7-12)25-18(19)20/h2-9,18H,1,10H2,(H,21,23). The molecule has 0 radical (unpaired) electrons. The zero-order valence-corrected chi connectivity index (χ0v) is 13.9. The zero-order valence-electron chi connectivity index (χ0n) is 13.0. The first-order valence-electron chi connectivity index (χ1n) is 7.40. The number of rotatable bonds is 5. The molecule has 0 fully saturated rings. The summed E-state index contributed by atoms with van der Waals surface area (Å²) in [5.74, 6) is -3.15. The van der Waals surface area contributed by atoms with Crippen LogP contribution in [0.25, 0.3) is 5.70 Å². The van der Waals surface area contributed by atoms with E-state index in [1.54, 1.807) is 24.3 Å². The lowest BCUT2D eigenvalue weighted by molar-refractivity contribution is -0.116. The van der Waals surface area contributed by atoms with Crippen molar-refractivity contribution in [3.05, 3.63) is 66.2 Å². The van der Waals surface area contributed by atoms with Gasteiger partial charge in [0, 0.05) is 27.4 Å². The third-order valence-electron chi connectivity index (χ3n) is 3.70. The Bertz CT molecular complexity index is 802. The number of amides is 2. The van der Waals surface area contributed by atoms with E-state index in [9.17, 15) is 18.4 Å². The first-order chi connectivity index (χ1) is 12.0. The molecular weight excluding hydrogens is 346 g/mol. The van der Waals surface area contributed by atoms with E-state index in [4.69, 9.17) is 0 Å². The van der Waals surface area contributed by atoms with E-state index in [1.165, 1.54) is 29.2 Å². The van der Waals surface area contributed by atoms with Gasteiger partial charge in [0.15, 0.2) is 0 Å². The molecular formula is C18H14F2N2O2S. The van der Waals surface area contributed by atoms with Crippen LogP contribution in [0.3, 0.4) is 0 Å². The highest BCUT2D eigenvalue weighted by molar-refractivity contribution is 7.99. The first-order valence-corrected chi connectivity index (χ1v) is 8.28. The number of hydrogen-bond donors (Lipinski definition) is 1. The van der Waals surface area contributed by atoms with Gasteiger partial charge in [0.05, 0.1) is 0 Å². The SMILES string of the molecule is C=C1c2ccccc2C(=O)N1CC(=O)Nc1ccc(SC(F)F)cc1. The van der Waals surface area contributed by atoms with Crippen LogP contribution >= 0.6 is 11.8 Å². The Morgan fingerprint density at radius 1 is 1.12 bits per heavy atom. The van der Waals surface area contributed by atoms with Crippen molar-refractivity contribution in [2.24, 2.45) is 0 Å². The van der Waals surface area contributed by atoms with Crippen LogP contribution < -0.4 is 5.32 Å². The molecule has 0 aliphatic carbocycles. The van der Waals surface area contributed by atoms with Gasteiger partial charge in [-0.25, -0.2) is 0 Å². The Kier molecular flexibility index (Phi) is 4.85. The molecule has 3 rings (SSSR count). The van der Waals surface area contributed by atoms with Crippen LogP contribution in [0, 0.1) is 0 Å². The number of thioether (sulfide) groups is 1. The van der Waals surface area contributed by atoms with Gasteiger partial charge in [0.1, 0.15) is 6.54 Å². The van der Waals surface area contributed by atoms with Gasteiger partial charge in [-0.3, -0.25) is 14.5 Å². The molecule has 2 aromatic carbocycles. The van der Waals surface area contributed by atoms with Crippen LogP contribution in [0.15, 0.2) is 60.0 Å². The van der Waals surface area contributed by atoms with E-state index in [2.05, 4.69) is 11.9 Å². The third kappa shape index (κ3) is 3.71. The van der Waals surface area contributed by atoms with Crippen molar-refractivity contribution < 1.29 is 18.4 Å². The quantitative estimate of drug-likeness (QED) is 0.818. The summed E-state index contributed by atoms with van der Waals surface area (Å²) in [4.78, 5) is 26.3. The molecule has 1 aliphatic heterocycles. The number of alkyl halides is 2. The molecule has 25 heavy (non-hydrogen) atoms. The predicted molar refractivity (Wildman–Crippen MR) is 93.4 cm³/mol. The largest absolute Gasteiger partial charge is 0.325 e. The molecule has 7 heteroatoms. The highest BCUT2D eigenvalue weighted by Crippen LogP contribution is 2.31. The second-order valence-corrected chi connectivity index (χ2v) is 6.40. The predicted octanol–water partition coefficient (Wildman–Crippen LogP) is 4.07. The number of hydrogen-bond acceptors (Lipinski definition) is 3. The van der Waals surface area contributed by atoms with Gasteiger partial charge in [0.25, 0.3) is 11.7 Å². The molecule has 0 unspecified atom stereocenters. The Morgan fingerprint density at radius 2 is 1.76 bits per heavy atom. The van der Waals surface area contributed by atoms with E-state index < -0.39 is 11.7 Å². The second kappa shape index (κ2) is 7.06. The molecule has 0 atom stereocenters. The van der Waals surface area contributed by atoms with E-state index in [1.807, 2.05) is 0 Å². The fourth-order valence-corrected chi connectivity index (χ4v) is 3.06. The summed E-state index contributed by atoms with van der Waals surface area (Å²) < 4.78 is 24.6. The van der Waals surface area contributed by atoms with Gasteiger partial charge < -0.3 is 5.32 Å². The number of nitrogens with one attached hydrogen (secondary N) is 1. The molecule has 0 saturated heterocycles.